The molecular formula is C11H15Cl2NO. The molecule has 1 aromatic rings. The molecule has 0 aliphatic heterocycles. The third kappa shape index (κ3) is 3.08. The van der Waals surface area contributed by atoms with E-state index in [2.05, 4.69) is 5.32 Å². The van der Waals surface area contributed by atoms with E-state index in [9.17, 15) is 5.11 Å². The van der Waals surface area contributed by atoms with Crippen molar-refractivity contribution in [2.45, 2.75) is 25.5 Å². The van der Waals surface area contributed by atoms with E-state index in [1.54, 1.807) is 18.2 Å². The lowest BCUT2D eigenvalue weighted by atomic mass is 10.0. The van der Waals surface area contributed by atoms with E-state index < -0.39 is 6.10 Å². The topological polar surface area (TPSA) is 32.3 Å². The second-order valence-electron chi connectivity index (χ2n) is 3.42. The summed E-state index contributed by atoms with van der Waals surface area (Å²) < 4.78 is 0. The van der Waals surface area contributed by atoms with Gasteiger partial charge in [-0.2, -0.15) is 0 Å². The summed E-state index contributed by atoms with van der Waals surface area (Å²) in [6.45, 7) is 2.02. The third-order valence-electron chi connectivity index (χ3n) is 2.48. The van der Waals surface area contributed by atoms with E-state index in [0.717, 1.165) is 12.0 Å². The number of hydrogen-bond donors (Lipinski definition) is 2. The van der Waals surface area contributed by atoms with E-state index in [1.165, 1.54) is 0 Å². The number of benzene rings is 1. The minimum Gasteiger partial charge on any atom is -0.387 e. The Balaban J connectivity index is 2.90. The van der Waals surface area contributed by atoms with Gasteiger partial charge in [0.2, 0.25) is 0 Å². The van der Waals surface area contributed by atoms with Crippen LogP contribution in [0, 0.1) is 0 Å². The quantitative estimate of drug-likeness (QED) is 0.858. The third-order valence-corrected chi connectivity index (χ3v) is 3.22. The predicted octanol–water partition coefficient (Wildman–Crippen LogP) is 3.02. The number of aliphatic hydroxyl groups is 1. The SMILES string of the molecule is CCC(NC)C(O)c1ccc(Cl)c(Cl)c1. The van der Waals surface area contributed by atoms with Crippen molar-refractivity contribution in [1.29, 1.82) is 0 Å². The van der Waals surface area contributed by atoms with Gasteiger partial charge in [0.05, 0.1) is 16.1 Å². The first kappa shape index (κ1) is 12.8. The zero-order valence-electron chi connectivity index (χ0n) is 8.80. The summed E-state index contributed by atoms with van der Waals surface area (Å²) >= 11 is 11.7. The normalized spacial score (nSPS) is 15.0. The van der Waals surface area contributed by atoms with Crippen LogP contribution in [0.2, 0.25) is 10.0 Å². The van der Waals surface area contributed by atoms with Gasteiger partial charge in [-0.25, -0.2) is 0 Å². The van der Waals surface area contributed by atoms with Crippen LogP contribution in [-0.2, 0) is 0 Å². The Labute approximate surface area is 100 Å². The van der Waals surface area contributed by atoms with Crippen molar-refractivity contribution in [3.05, 3.63) is 33.8 Å². The molecule has 84 valence electrons. The van der Waals surface area contributed by atoms with Gasteiger partial charge in [0.25, 0.3) is 0 Å². The summed E-state index contributed by atoms with van der Waals surface area (Å²) in [6, 6.07) is 5.22. The van der Waals surface area contributed by atoms with Crippen LogP contribution in [0.15, 0.2) is 18.2 Å². The molecule has 15 heavy (non-hydrogen) atoms. The highest BCUT2D eigenvalue weighted by atomic mass is 35.5. The predicted molar refractivity (Wildman–Crippen MR) is 64.6 cm³/mol. The smallest absolute Gasteiger partial charge is 0.0943 e. The van der Waals surface area contributed by atoms with Gasteiger partial charge < -0.3 is 10.4 Å². The number of aliphatic hydroxyl groups excluding tert-OH is 1. The first-order chi connectivity index (χ1) is 7.10. The number of likely N-dealkylation sites (N-methyl/N-ethyl adjacent to an activating group) is 1. The van der Waals surface area contributed by atoms with Crippen LogP contribution in [0.3, 0.4) is 0 Å². The van der Waals surface area contributed by atoms with Gasteiger partial charge in [0.15, 0.2) is 0 Å². The molecule has 1 rings (SSSR count). The molecule has 0 radical (unpaired) electrons. The molecule has 0 bridgehead atoms. The second kappa shape index (κ2) is 5.71. The van der Waals surface area contributed by atoms with Crippen molar-refractivity contribution in [2.75, 3.05) is 7.05 Å². The molecule has 0 aliphatic rings. The zero-order valence-corrected chi connectivity index (χ0v) is 10.3. The van der Waals surface area contributed by atoms with Gasteiger partial charge >= 0.3 is 0 Å². The monoisotopic (exact) mass is 247 g/mol. The molecule has 0 amide bonds. The van der Waals surface area contributed by atoms with Crippen LogP contribution in [0.5, 0.6) is 0 Å². The molecule has 1 aromatic carbocycles. The van der Waals surface area contributed by atoms with E-state index in [-0.39, 0.29) is 6.04 Å². The average molecular weight is 248 g/mol. The van der Waals surface area contributed by atoms with Crippen LogP contribution in [0.25, 0.3) is 0 Å². The molecule has 0 heterocycles. The van der Waals surface area contributed by atoms with Crippen LogP contribution in [0.1, 0.15) is 25.0 Å². The highest BCUT2D eigenvalue weighted by molar-refractivity contribution is 6.42. The Bertz CT molecular complexity index is 326. The standard InChI is InChI=1S/C11H15Cl2NO/c1-3-10(14-2)11(15)7-4-5-8(12)9(13)6-7/h4-6,10-11,14-15H,3H2,1-2H3. The number of nitrogens with one attached hydrogen (secondary N) is 1. The summed E-state index contributed by atoms with van der Waals surface area (Å²) in [5.74, 6) is 0. The summed E-state index contributed by atoms with van der Waals surface area (Å²) in [6.07, 6.45) is 0.285. The van der Waals surface area contributed by atoms with Crippen molar-refractivity contribution in [3.63, 3.8) is 0 Å². The van der Waals surface area contributed by atoms with Crippen molar-refractivity contribution in [1.82, 2.24) is 5.32 Å². The van der Waals surface area contributed by atoms with Crippen LogP contribution < -0.4 is 5.32 Å². The summed E-state index contributed by atoms with van der Waals surface area (Å²) in [5, 5.41) is 14.1. The van der Waals surface area contributed by atoms with Gasteiger partial charge in [0, 0.05) is 6.04 Å². The van der Waals surface area contributed by atoms with Crippen molar-refractivity contribution in [2.24, 2.45) is 0 Å². The molecular weight excluding hydrogens is 233 g/mol. The minimum atomic E-state index is -0.560. The summed E-state index contributed by atoms with van der Waals surface area (Å²) in [5.41, 5.74) is 0.783. The Hall–Kier alpha value is -0.280. The lowest BCUT2D eigenvalue weighted by Crippen LogP contribution is -2.31. The van der Waals surface area contributed by atoms with Crippen molar-refractivity contribution in [3.8, 4) is 0 Å². The Morgan fingerprint density at radius 1 is 1.33 bits per heavy atom. The Kier molecular flexibility index (Phi) is 4.87. The fourth-order valence-electron chi connectivity index (χ4n) is 1.51. The molecule has 2 nitrogen and oxygen atoms in total. The number of rotatable bonds is 4. The Morgan fingerprint density at radius 3 is 2.47 bits per heavy atom. The van der Waals surface area contributed by atoms with Crippen molar-refractivity contribution >= 4 is 23.2 Å². The van der Waals surface area contributed by atoms with E-state index >= 15 is 0 Å². The maximum atomic E-state index is 10.0. The van der Waals surface area contributed by atoms with Crippen LogP contribution >= 0.6 is 23.2 Å². The molecule has 0 saturated heterocycles. The maximum Gasteiger partial charge on any atom is 0.0943 e. The average Bonchev–Trinajstić information content (AvgIpc) is 2.23. The molecule has 0 aliphatic carbocycles. The maximum absolute atomic E-state index is 10.0. The van der Waals surface area contributed by atoms with Crippen molar-refractivity contribution < 1.29 is 5.11 Å². The first-order valence-corrected chi connectivity index (χ1v) is 5.66. The van der Waals surface area contributed by atoms with Crippen LogP contribution in [-0.4, -0.2) is 18.2 Å². The zero-order chi connectivity index (χ0) is 11.4. The lowest BCUT2D eigenvalue weighted by Gasteiger charge is -2.21. The molecule has 0 spiro atoms. The van der Waals surface area contributed by atoms with Gasteiger partial charge in [0.1, 0.15) is 0 Å². The summed E-state index contributed by atoms with van der Waals surface area (Å²) in [7, 11) is 1.83. The van der Waals surface area contributed by atoms with Gasteiger partial charge in [-0.15, -0.1) is 0 Å². The number of halogens is 2. The van der Waals surface area contributed by atoms with Gasteiger partial charge in [-0.05, 0) is 31.2 Å². The molecule has 2 atom stereocenters. The number of hydrogen-bond acceptors (Lipinski definition) is 2. The molecule has 0 fully saturated rings. The first-order valence-electron chi connectivity index (χ1n) is 4.90. The van der Waals surface area contributed by atoms with E-state index in [1.807, 2.05) is 14.0 Å². The molecule has 2 unspecified atom stereocenters. The van der Waals surface area contributed by atoms with Gasteiger partial charge in [-0.3, -0.25) is 0 Å². The van der Waals surface area contributed by atoms with E-state index in [4.69, 9.17) is 23.2 Å². The Morgan fingerprint density at radius 2 is 2.00 bits per heavy atom. The van der Waals surface area contributed by atoms with Crippen LogP contribution in [0.4, 0.5) is 0 Å². The highest BCUT2D eigenvalue weighted by Crippen LogP contribution is 2.27. The molecule has 4 heteroatoms. The highest BCUT2D eigenvalue weighted by Gasteiger charge is 2.17. The minimum absolute atomic E-state index is 0.0299. The molecule has 0 saturated carbocycles. The lowest BCUT2D eigenvalue weighted by molar-refractivity contribution is 0.130. The largest absolute Gasteiger partial charge is 0.387 e. The van der Waals surface area contributed by atoms with Gasteiger partial charge in [-0.1, -0.05) is 36.2 Å². The fraction of sp³-hybridized carbons (Fsp3) is 0.455. The molecule has 0 aromatic heterocycles. The summed E-state index contributed by atoms with van der Waals surface area (Å²) in [4.78, 5) is 0. The fourth-order valence-corrected chi connectivity index (χ4v) is 1.82. The second-order valence-corrected chi connectivity index (χ2v) is 4.24. The van der Waals surface area contributed by atoms with E-state index in [0.29, 0.717) is 10.0 Å². The molecule has 2 N–H and O–H groups in total.